The number of benzene rings is 1. The average Bonchev–Trinajstić information content (AvgIpc) is 2.80. The Kier molecular flexibility index (Phi) is 4.25. The topological polar surface area (TPSA) is 32.3 Å². The second-order valence-electron chi connectivity index (χ2n) is 6.02. The van der Waals surface area contributed by atoms with Crippen molar-refractivity contribution in [2.24, 2.45) is 5.92 Å². The van der Waals surface area contributed by atoms with Gasteiger partial charge in [0.15, 0.2) is 0 Å². The zero-order chi connectivity index (χ0) is 13.2. The molecule has 1 fully saturated rings. The molecular formula is C16H22BrNO. The van der Waals surface area contributed by atoms with Gasteiger partial charge in [-0.05, 0) is 74.2 Å². The minimum atomic E-state index is -0.0409. The van der Waals surface area contributed by atoms with Crippen LogP contribution in [0.3, 0.4) is 0 Å². The largest absolute Gasteiger partial charge is 0.393 e. The number of rotatable bonds is 3. The van der Waals surface area contributed by atoms with Crippen LogP contribution in [0.1, 0.15) is 49.3 Å². The van der Waals surface area contributed by atoms with Crippen molar-refractivity contribution in [2.45, 2.75) is 50.7 Å². The van der Waals surface area contributed by atoms with Crippen LogP contribution in [-0.4, -0.2) is 17.8 Å². The lowest BCUT2D eigenvalue weighted by Crippen LogP contribution is -2.29. The van der Waals surface area contributed by atoms with Crippen molar-refractivity contribution in [1.29, 1.82) is 0 Å². The van der Waals surface area contributed by atoms with Gasteiger partial charge in [-0.25, -0.2) is 0 Å². The third-order valence-corrected chi connectivity index (χ3v) is 5.15. The number of aryl methyl sites for hydroxylation is 1. The molecule has 0 radical (unpaired) electrons. The quantitative estimate of drug-likeness (QED) is 0.891. The first-order valence-electron chi connectivity index (χ1n) is 7.42. The SMILES string of the molecule is OC1CCC(CNC2CCc3cc(Br)ccc32)CC1. The number of aliphatic hydroxyl groups excluding tert-OH is 1. The van der Waals surface area contributed by atoms with Crippen molar-refractivity contribution in [1.82, 2.24) is 5.32 Å². The first-order valence-corrected chi connectivity index (χ1v) is 8.21. The molecule has 2 nitrogen and oxygen atoms in total. The van der Waals surface area contributed by atoms with Gasteiger partial charge < -0.3 is 10.4 Å². The highest BCUT2D eigenvalue weighted by Gasteiger charge is 2.24. The lowest BCUT2D eigenvalue weighted by atomic mass is 9.87. The van der Waals surface area contributed by atoms with E-state index in [1.807, 2.05) is 0 Å². The van der Waals surface area contributed by atoms with E-state index in [-0.39, 0.29) is 6.10 Å². The highest BCUT2D eigenvalue weighted by molar-refractivity contribution is 9.10. The monoisotopic (exact) mass is 323 g/mol. The van der Waals surface area contributed by atoms with Gasteiger partial charge in [0.25, 0.3) is 0 Å². The van der Waals surface area contributed by atoms with E-state index >= 15 is 0 Å². The van der Waals surface area contributed by atoms with Gasteiger partial charge in [0.1, 0.15) is 0 Å². The summed E-state index contributed by atoms with van der Waals surface area (Å²) in [5, 5.41) is 13.3. The second kappa shape index (κ2) is 5.94. The number of aliphatic hydroxyl groups is 1. The minimum absolute atomic E-state index is 0.0409. The highest BCUT2D eigenvalue weighted by Crippen LogP contribution is 2.33. The van der Waals surface area contributed by atoms with Crippen LogP contribution in [0.25, 0.3) is 0 Å². The van der Waals surface area contributed by atoms with Crippen LogP contribution >= 0.6 is 15.9 Å². The van der Waals surface area contributed by atoms with Crippen LogP contribution in [0.15, 0.2) is 22.7 Å². The molecule has 0 heterocycles. The van der Waals surface area contributed by atoms with Gasteiger partial charge in [-0.3, -0.25) is 0 Å². The number of hydrogen-bond donors (Lipinski definition) is 2. The smallest absolute Gasteiger partial charge is 0.0540 e. The predicted molar refractivity (Wildman–Crippen MR) is 81.2 cm³/mol. The molecule has 3 heteroatoms. The molecule has 2 aliphatic carbocycles. The molecule has 2 aliphatic rings. The van der Waals surface area contributed by atoms with Gasteiger partial charge in [-0.1, -0.05) is 22.0 Å². The Bertz CT molecular complexity index is 440. The Morgan fingerprint density at radius 2 is 1.95 bits per heavy atom. The van der Waals surface area contributed by atoms with E-state index in [0.717, 1.165) is 25.3 Å². The predicted octanol–water partition coefficient (Wildman–Crippen LogP) is 3.58. The van der Waals surface area contributed by atoms with Crippen LogP contribution in [0, 0.1) is 5.92 Å². The van der Waals surface area contributed by atoms with Gasteiger partial charge in [0.05, 0.1) is 6.10 Å². The summed E-state index contributed by atoms with van der Waals surface area (Å²) in [6.07, 6.45) is 6.70. The first kappa shape index (κ1) is 13.6. The van der Waals surface area contributed by atoms with E-state index in [4.69, 9.17) is 0 Å². The van der Waals surface area contributed by atoms with Crippen LogP contribution < -0.4 is 5.32 Å². The van der Waals surface area contributed by atoms with Crippen LogP contribution in [0.2, 0.25) is 0 Å². The van der Waals surface area contributed by atoms with E-state index in [2.05, 4.69) is 39.4 Å². The zero-order valence-electron chi connectivity index (χ0n) is 11.2. The Hall–Kier alpha value is -0.380. The summed E-state index contributed by atoms with van der Waals surface area (Å²) in [5.74, 6) is 0.753. The van der Waals surface area contributed by atoms with Crippen molar-refractivity contribution in [3.63, 3.8) is 0 Å². The number of hydrogen-bond acceptors (Lipinski definition) is 2. The molecule has 19 heavy (non-hydrogen) atoms. The van der Waals surface area contributed by atoms with Gasteiger partial charge in [0.2, 0.25) is 0 Å². The maximum atomic E-state index is 9.54. The van der Waals surface area contributed by atoms with Crippen molar-refractivity contribution >= 4 is 15.9 Å². The normalized spacial score (nSPS) is 30.3. The van der Waals surface area contributed by atoms with Crippen LogP contribution in [0.5, 0.6) is 0 Å². The van der Waals surface area contributed by atoms with Gasteiger partial charge in [-0.15, -0.1) is 0 Å². The fourth-order valence-electron chi connectivity index (χ4n) is 3.46. The molecule has 0 aliphatic heterocycles. The van der Waals surface area contributed by atoms with Crippen LogP contribution in [0.4, 0.5) is 0 Å². The van der Waals surface area contributed by atoms with E-state index < -0.39 is 0 Å². The zero-order valence-corrected chi connectivity index (χ0v) is 12.8. The number of nitrogens with one attached hydrogen (secondary N) is 1. The Balaban J connectivity index is 1.55. The molecule has 0 amide bonds. The summed E-state index contributed by atoms with van der Waals surface area (Å²) >= 11 is 3.55. The molecule has 1 saturated carbocycles. The summed E-state index contributed by atoms with van der Waals surface area (Å²) < 4.78 is 1.19. The number of halogens is 1. The molecule has 104 valence electrons. The molecule has 2 N–H and O–H groups in total. The van der Waals surface area contributed by atoms with Gasteiger partial charge in [-0.2, -0.15) is 0 Å². The standard InChI is InChI=1S/C16H22BrNO/c17-13-4-7-15-12(9-13)3-8-16(15)18-10-11-1-5-14(19)6-2-11/h4,7,9,11,14,16,18-19H,1-3,5-6,8,10H2. The fraction of sp³-hybridized carbons (Fsp3) is 0.625. The molecular weight excluding hydrogens is 302 g/mol. The summed E-state index contributed by atoms with van der Waals surface area (Å²) in [6.45, 7) is 1.10. The maximum Gasteiger partial charge on any atom is 0.0540 e. The molecule has 1 atom stereocenters. The Labute approximate surface area is 123 Å². The van der Waals surface area contributed by atoms with E-state index in [1.165, 1.54) is 41.3 Å². The van der Waals surface area contributed by atoms with Crippen molar-refractivity contribution in [2.75, 3.05) is 6.54 Å². The summed E-state index contributed by atoms with van der Waals surface area (Å²) in [6, 6.07) is 7.20. The van der Waals surface area contributed by atoms with E-state index in [0.29, 0.717) is 6.04 Å². The molecule has 1 unspecified atom stereocenters. The molecule has 1 aromatic rings. The summed E-state index contributed by atoms with van der Waals surface area (Å²) in [4.78, 5) is 0. The number of fused-ring (bicyclic) bond motifs is 1. The maximum absolute atomic E-state index is 9.54. The van der Waals surface area contributed by atoms with Crippen molar-refractivity contribution in [3.8, 4) is 0 Å². The van der Waals surface area contributed by atoms with E-state index in [9.17, 15) is 5.11 Å². The highest BCUT2D eigenvalue weighted by atomic mass is 79.9. The third kappa shape index (κ3) is 3.21. The lowest BCUT2D eigenvalue weighted by Gasteiger charge is -2.27. The molecule has 0 saturated heterocycles. The first-order chi connectivity index (χ1) is 9.22. The lowest BCUT2D eigenvalue weighted by molar-refractivity contribution is 0.107. The molecule has 0 aromatic heterocycles. The molecule has 3 rings (SSSR count). The third-order valence-electron chi connectivity index (χ3n) is 4.65. The average molecular weight is 324 g/mol. The van der Waals surface area contributed by atoms with Crippen LogP contribution in [-0.2, 0) is 6.42 Å². The molecule has 0 bridgehead atoms. The Morgan fingerprint density at radius 3 is 2.74 bits per heavy atom. The Morgan fingerprint density at radius 1 is 1.16 bits per heavy atom. The van der Waals surface area contributed by atoms with Gasteiger partial charge in [0, 0.05) is 10.5 Å². The summed E-state index contributed by atoms with van der Waals surface area (Å²) in [5.41, 5.74) is 2.98. The summed E-state index contributed by atoms with van der Waals surface area (Å²) in [7, 11) is 0. The van der Waals surface area contributed by atoms with E-state index in [1.54, 1.807) is 0 Å². The fourth-order valence-corrected chi connectivity index (χ4v) is 3.86. The van der Waals surface area contributed by atoms with Gasteiger partial charge >= 0.3 is 0 Å². The second-order valence-corrected chi connectivity index (χ2v) is 6.93. The molecule has 1 aromatic carbocycles. The van der Waals surface area contributed by atoms with Crippen molar-refractivity contribution < 1.29 is 5.11 Å². The van der Waals surface area contributed by atoms with Crippen molar-refractivity contribution in [3.05, 3.63) is 33.8 Å². The molecule has 0 spiro atoms. The minimum Gasteiger partial charge on any atom is -0.393 e.